The molecule has 1 heterocycles. The summed E-state index contributed by atoms with van der Waals surface area (Å²) in [6.45, 7) is 7.29. The second-order valence-corrected chi connectivity index (χ2v) is 6.71. The summed E-state index contributed by atoms with van der Waals surface area (Å²) in [4.78, 5) is 16.2. The molecule has 0 amide bonds. The Morgan fingerprint density at radius 3 is 2.52 bits per heavy atom. The lowest BCUT2D eigenvalue weighted by Crippen LogP contribution is -2.15. The van der Waals surface area contributed by atoms with Crippen LogP contribution in [0.2, 0.25) is 0 Å². The van der Waals surface area contributed by atoms with Gasteiger partial charge < -0.3 is 9.26 Å². The van der Waals surface area contributed by atoms with Crippen LogP contribution in [-0.2, 0) is 27.5 Å². The lowest BCUT2D eigenvalue weighted by molar-refractivity contribution is -0.149. The molecular weight excluding hydrogens is 337 g/mol. The van der Waals surface area contributed by atoms with E-state index in [0.29, 0.717) is 5.82 Å². The van der Waals surface area contributed by atoms with E-state index >= 15 is 0 Å². The first-order valence-electron chi connectivity index (χ1n) is 7.66. The Kier molecular flexibility index (Phi) is 5.20. The maximum Gasteiger partial charge on any atom is 0.416 e. The molecule has 2 rings (SSSR count). The number of halogens is 3. The topological polar surface area (TPSA) is 65.2 Å². The Balaban J connectivity index is 2.01. The number of benzene rings is 1. The fraction of sp³-hybridized carbons (Fsp3) is 0.471. The molecule has 0 spiro atoms. The number of aromatic nitrogens is 2. The highest BCUT2D eigenvalue weighted by Gasteiger charge is 2.30. The third-order valence-corrected chi connectivity index (χ3v) is 3.37. The number of rotatable bonds is 4. The van der Waals surface area contributed by atoms with Crippen LogP contribution >= 0.6 is 0 Å². The largest absolute Gasteiger partial charge is 0.452 e. The van der Waals surface area contributed by atoms with Crippen molar-refractivity contribution >= 4 is 5.97 Å². The van der Waals surface area contributed by atoms with Crippen LogP contribution in [-0.4, -0.2) is 16.1 Å². The zero-order valence-electron chi connectivity index (χ0n) is 14.3. The van der Waals surface area contributed by atoms with E-state index in [1.807, 2.05) is 20.8 Å². The molecule has 1 aromatic heterocycles. The monoisotopic (exact) mass is 356 g/mol. The summed E-state index contributed by atoms with van der Waals surface area (Å²) in [6, 6.07) is 4.56. The minimum absolute atomic E-state index is 0.141. The average molecular weight is 356 g/mol. The average Bonchev–Trinajstić information content (AvgIpc) is 2.96. The summed E-state index contributed by atoms with van der Waals surface area (Å²) >= 11 is 0. The van der Waals surface area contributed by atoms with Crippen molar-refractivity contribution in [2.24, 2.45) is 0 Å². The third-order valence-electron chi connectivity index (χ3n) is 3.37. The molecule has 0 saturated carbocycles. The Hall–Kier alpha value is -2.38. The molecule has 0 radical (unpaired) electrons. The van der Waals surface area contributed by atoms with Gasteiger partial charge in [0.25, 0.3) is 5.89 Å². The Bertz CT molecular complexity index is 748. The molecule has 1 aromatic carbocycles. The summed E-state index contributed by atoms with van der Waals surface area (Å²) in [5, 5.41) is 3.84. The van der Waals surface area contributed by atoms with Gasteiger partial charge in [0.2, 0.25) is 0 Å². The van der Waals surface area contributed by atoms with Crippen LogP contribution in [0.25, 0.3) is 0 Å². The standard InChI is InChI=1S/C17H19F3N2O3/c1-10(14-21-15(22-25-14)16(2,3)4)24-13(23)9-11-6-5-7-12(8-11)17(18,19)20/h5-8,10H,9H2,1-4H3. The smallest absolute Gasteiger partial charge is 0.416 e. The molecule has 1 unspecified atom stereocenters. The summed E-state index contributed by atoms with van der Waals surface area (Å²) in [5.41, 5.74) is -0.908. The summed E-state index contributed by atoms with van der Waals surface area (Å²) < 4.78 is 48.3. The molecule has 136 valence electrons. The van der Waals surface area contributed by atoms with Crippen LogP contribution in [0.15, 0.2) is 28.8 Å². The summed E-state index contributed by atoms with van der Waals surface area (Å²) in [7, 11) is 0. The SMILES string of the molecule is CC(OC(=O)Cc1cccc(C(F)(F)F)c1)c1nc(C(C)(C)C)no1. The van der Waals surface area contributed by atoms with E-state index in [9.17, 15) is 18.0 Å². The van der Waals surface area contributed by atoms with Gasteiger partial charge in [-0.25, -0.2) is 0 Å². The fourth-order valence-corrected chi connectivity index (χ4v) is 2.02. The number of alkyl halides is 3. The van der Waals surface area contributed by atoms with Crippen LogP contribution in [0.1, 0.15) is 56.6 Å². The van der Waals surface area contributed by atoms with Crippen molar-refractivity contribution in [2.75, 3.05) is 0 Å². The van der Waals surface area contributed by atoms with E-state index in [0.717, 1.165) is 12.1 Å². The Morgan fingerprint density at radius 2 is 1.96 bits per heavy atom. The molecule has 0 bridgehead atoms. The van der Waals surface area contributed by atoms with Gasteiger partial charge in [-0.3, -0.25) is 4.79 Å². The minimum Gasteiger partial charge on any atom is -0.452 e. The predicted octanol–water partition coefficient (Wildman–Crippen LogP) is 4.23. The van der Waals surface area contributed by atoms with Crippen molar-refractivity contribution in [3.63, 3.8) is 0 Å². The van der Waals surface area contributed by atoms with Gasteiger partial charge >= 0.3 is 12.1 Å². The van der Waals surface area contributed by atoms with Gasteiger partial charge in [-0.05, 0) is 18.6 Å². The van der Waals surface area contributed by atoms with Crippen molar-refractivity contribution in [3.05, 3.63) is 47.1 Å². The molecule has 1 atom stereocenters. The molecule has 5 nitrogen and oxygen atoms in total. The Morgan fingerprint density at radius 1 is 1.28 bits per heavy atom. The summed E-state index contributed by atoms with van der Waals surface area (Å²) in [5.74, 6) is -0.0621. The molecule has 0 saturated heterocycles. The number of ether oxygens (including phenoxy) is 1. The number of carbonyl (C=O) groups excluding carboxylic acids is 1. The van der Waals surface area contributed by atoms with Gasteiger partial charge in [-0.2, -0.15) is 18.2 Å². The van der Waals surface area contributed by atoms with E-state index in [2.05, 4.69) is 10.1 Å². The molecule has 0 N–H and O–H groups in total. The molecule has 25 heavy (non-hydrogen) atoms. The first-order valence-corrected chi connectivity index (χ1v) is 7.66. The van der Waals surface area contributed by atoms with E-state index in [1.54, 1.807) is 6.92 Å². The van der Waals surface area contributed by atoms with Gasteiger partial charge in [0, 0.05) is 5.41 Å². The van der Waals surface area contributed by atoms with Crippen LogP contribution in [0.5, 0.6) is 0 Å². The molecular formula is C17H19F3N2O3. The number of nitrogens with zero attached hydrogens (tertiary/aromatic N) is 2. The highest BCUT2D eigenvalue weighted by Crippen LogP contribution is 2.30. The molecule has 8 heteroatoms. The maximum atomic E-state index is 12.7. The number of hydrogen-bond donors (Lipinski definition) is 0. The quantitative estimate of drug-likeness (QED) is 0.767. The predicted molar refractivity (Wildman–Crippen MR) is 82.7 cm³/mol. The number of carbonyl (C=O) groups is 1. The van der Waals surface area contributed by atoms with E-state index in [4.69, 9.17) is 9.26 Å². The molecule has 0 aliphatic heterocycles. The lowest BCUT2D eigenvalue weighted by atomic mass is 9.96. The van der Waals surface area contributed by atoms with Gasteiger partial charge in [0.1, 0.15) is 0 Å². The van der Waals surface area contributed by atoms with Gasteiger partial charge in [-0.1, -0.05) is 44.1 Å². The first kappa shape index (κ1) is 19.0. The zero-order chi connectivity index (χ0) is 18.8. The first-order chi connectivity index (χ1) is 11.5. The highest BCUT2D eigenvalue weighted by atomic mass is 19.4. The van der Waals surface area contributed by atoms with E-state index in [-0.39, 0.29) is 23.3 Å². The maximum absolute atomic E-state index is 12.7. The van der Waals surface area contributed by atoms with Gasteiger partial charge in [-0.15, -0.1) is 0 Å². The Labute approximate surface area is 143 Å². The molecule has 0 aliphatic rings. The minimum atomic E-state index is -4.46. The van der Waals surface area contributed by atoms with Crippen LogP contribution in [0.3, 0.4) is 0 Å². The van der Waals surface area contributed by atoms with Gasteiger partial charge in [0.15, 0.2) is 11.9 Å². The highest BCUT2D eigenvalue weighted by molar-refractivity contribution is 5.72. The van der Waals surface area contributed by atoms with Gasteiger partial charge in [0.05, 0.1) is 12.0 Å². The molecule has 0 fully saturated rings. The molecule has 0 aliphatic carbocycles. The lowest BCUT2D eigenvalue weighted by Gasteiger charge is -2.12. The summed E-state index contributed by atoms with van der Waals surface area (Å²) in [6.07, 6.45) is -5.53. The third kappa shape index (κ3) is 5.04. The number of hydrogen-bond acceptors (Lipinski definition) is 5. The second kappa shape index (κ2) is 6.85. The molecule has 2 aromatic rings. The van der Waals surface area contributed by atoms with Crippen molar-refractivity contribution in [2.45, 2.75) is 51.8 Å². The van der Waals surface area contributed by atoms with Crippen molar-refractivity contribution < 1.29 is 27.2 Å². The van der Waals surface area contributed by atoms with Crippen LogP contribution in [0.4, 0.5) is 13.2 Å². The van der Waals surface area contributed by atoms with E-state index in [1.165, 1.54) is 12.1 Å². The number of esters is 1. The fourth-order valence-electron chi connectivity index (χ4n) is 2.02. The van der Waals surface area contributed by atoms with Crippen molar-refractivity contribution in [3.8, 4) is 0 Å². The normalized spacial score (nSPS) is 13.6. The van der Waals surface area contributed by atoms with Crippen LogP contribution in [0, 0.1) is 0 Å². The van der Waals surface area contributed by atoms with Crippen LogP contribution < -0.4 is 0 Å². The van der Waals surface area contributed by atoms with Crippen molar-refractivity contribution in [1.82, 2.24) is 10.1 Å². The second-order valence-electron chi connectivity index (χ2n) is 6.71. The van der Waals surface area contributed by atoms with E-state index < -0.39 is 23.8 Å². The zero-order valence-corrected chi connectivity index (χ0v) is 14.3. The van der Waals surface area contributed by atoms with Crippen molar-refractivity contribution in [1.29, 1.82) is 0 Å².